The summed E-state index contributed by atoms with van der Waals surface area (Å²) in [7, 11) is -11.0. The maximum atomic E-state index is 14.3. The van der Waals surface area contributed by atoms with Gasteiger partial charge in [-0.2, -0.15) is 13.2 Å². The summed E-state index contributed by atoms with van der Waals surface area (Å²) in [6.45, 7) is 8.80. The van der Waals surface area contributed by atoms with Crippen LogP contribution in [0.15, 0.2) is 118 Å². The van der Waals surface area contributed by atoms with Gasteiger partial charge in [0.15, 0.2) is 0 Å². The van der Waals surface area contributed by atoms with Gasteiger partial charge in [0.25, 0.3) is 25.8 Å². The standard InChI is InChI=1S/C48H54ClF3N6O6S3/c1-46(2)18-16-40(33-8-11-36(49)12-9-33)35(28-46)29-54-47(19-20-47)31-58-32-53-41-14-10-34(26-43(41)58)45(59)56-67(62,63)39-13-15-42(44(27-39)66(60,61)48(50,51)52)55-37(17-21-57-22-24-64-25-23-57)30-65-38-6-4-3-5-7-38/h3-15,26-27,32,37,54-55H,16-25,28-31H2,1-2H3,(H,56,59)/t37-/m1/s1. The Labute approximate surface area is 399 Å². The van der Waals surface area contributed by atoms with E-state index in [1.54, 1.807) is 12.4 Å². The number of benzene rings is 4. The molecule has 5 aromatic rings. The largest absolute Gasteiger partial charge is 0.501 e. The number of morpholine rings is 1. The van der Waals surface area contributed by atoms with Crippen LogP contribution in [0.5, 0.6) is 0 Å². The van der Waals surface area contributed by atoms with Crippen LogP contribution < -0.4 is 15.4 Å². The van der Waals surface area contributed by atoms with Crippen molar-refractivity contribution in [3.8, 4) is 0 Å². The van der Waals surface area contributed by atoms with Gasteiger partial charge >= 0.3 is 5.51 Å². The van der Waals surface area contributed by atoms with Crippen LogP contribution in [-0.4, -0.2) is 99.4 Å². The van der Waals surface area contributed by atoms with E-state index in [1.165, 1.54) is 40.6 Å². The molecular formula is C48H54ClF3N6O6S3. The number of sulfonamides is 1. The molecule has 1 saturated carbocycles. The Hall–Kier alpha value is -4.43. The van der Waals surface area contributed by atoms with Gasteiger partial charge in [-0.25, -0.2) is 26.5 Å². The number of imidazole rings is 1. The molecule has 1 aromatic heterocycles. The second kappa shape index (κ2) is 19.9. The number of allylic oxidation sites excluding steroid dienone is 1. The number of halogens is 4. The number of alkyl halides is 3. The lowest BCUT2D eigenvalue weighted by Crippen LogP contribution is -2.39. The highest BCUT2D eigenvalue weighted by Gasteiger charge is 2.49. The second-order valence-electron chi connectivity index (χ2n) is 18.4. The summed E-state index contributed by atoms with van der Waals surface area (Å²) < 4.78 is 106. The zero-order chi connectivity index (χ0) is 47.6. The van der Waals surface area contributed by atoms with E-state index in [1.807, 2.05) is 51.8 Å². The number of sulfone groups is 1. The molecule has 19 heteroatoms. The molecule has 12 nitrogen and oxygen atoms in total. The number of amides is 1. The van der Waals surface area contributed by atoms with Crippen LogP contribution in [0.25, 0.3) is 16.6 Å². The number of hydrogen-bond donors (Lipinski definition) is 3. The minimum Gasteiger partial charge on any atom is -0.380 e. The molecule has 1 saturated heterocycles. The Morgan fingerprint density at radius 3 is 2.37 bits per heavy atom. The van der Waals surface area contributed by atoms with Crippen LogP contribution in [0, 0.1) is 5.41 Å². The van der Waals surface area contributed by atoms with Crippen molar-refractivity contribution in [2.45, 2.75) is 90.7 Å². The predicted molar refractivity (Wildman–Crippen MR) is 256 cm³/mol. The molecule has 1 aliphatic heterocycles. The van der Waals surface area contributed by atoms with E-state index < -0.39 is 52.8 Å². The average Bonchev–Trinajstić information content (AvgIpc) is 3.96. The maximum absolute atomic E-state index is 14.3. The van der Waals surface area contributed by atoms with Gasteiger partial charge in [0, 0.05) is 65.5 Å². The Morgan fingerprint density at radius 1 is 0.940 bits per heavy atom. The second-order valence-corrected chi connectivity index (χ2v) is 23.5. The molecule has 0 spiro atoms. The van der Waals surface area contributed by atoms with Crippen LogP contribution in [0.3, 0.4) is 0 Å². The first-order chi connectivity index (χ1) is 31.8. The number of thioether (sulfide) groups is 1. The van der Waals surface area contributed by atoms with Crippen molar-refractivity contribution in [3.05, 3.63) is 119 Å². The van der Waals surface area contributed by atoms with Gasteiger partial charge in [0.1, 0.15) is 4.90 Å². The summed E-state index contributed by atoms with van der Waals surface area (Å²) >= 11 is 7.65. The van der Waals surface area contributed by atoms with Crippen molar-refractivity contribution in [2.75, 3.05) is 50.5 Å². The number of fused-ring (bicyclic) bond motifs is 1. The molecule has 2 aliphatic carbocycles. The normalized spacial score (nSPS) is 18.2. The summed E-state index contributed by atoms with van der Waals surface area (Å²) in [5.74, 6) is -0.696. The fourth-order valence-corrected chi connectivity index (χ4v) is 11.9. The zero-order valence-electron chi connectivity index (χ0n) is 37.2. The topological polar surface area (TPSA) is 152 Å². The number of anilines is 1. The van der Waals surface area contributed by atoms with Crippen molar-refractivity contribution in [3.63, 3.8) is 0 Å². The van der Waals surface area contributed by atoms with E-state index in [0.717, 1.165) is 49.1 Å². The van der Waals surface area contributed by atoms with Crippen molar-refractivity contribution in [1.29, 1.82) is 0 Å². The number of rotatable bonds is 18. The minimum absolute atomic E-state index is 0.0433. The van der Waals surface area contributed by atoms with Gasteiger partial charge in [-0.05, 0) is 116 Å². The Morgan fingerprint density at radius 2 is 1.67 bits per heavy atom. The molecule has 0 unspecified atom stereocenters. The third kappa shape index (κ3) is 11.9. The summed E-state index contributed by atoms with van der Waals surface area (Å²) in [6.07, 6.45) is 6.94. The first-order valence-corrected chi connectivity index (χ1v) is 26.6. The van der Waals surface area contributed by atoms with Gasteiger partial charge in [-0.3, -0.25) is 9.69 Å². The minimum atomic E-state index is -6.08. The lowest BCUT2D eigenvalue weighted by Gasteiger charge is -2.34. The third-order valence-corrected chi connectivity index (χ3v) is 17.1. The zero-order valence-corrected chi connectivity index (χ0v) is 40.4. The molecule has 0 bridgehead atoms. The summed E-state index contributed by atoms with van der Waals surface area (Å²) in [5, 5.41) is 7.52. The highest BCUT2D eigenvalue weighted by molar-refractivity contribution is 7.99. The summed E-state index contributed by atoms with van der Waals surface area (Å²) in [4.78, 5) is 19.2. The van der Waals surface area contributed by atoms with E-state index in [9.17, 15) is 34.8 Å². The van der Waals surface area contributed by atoms with Crippen LogP contribution in [-0.2, 0) is 31.1 Å². The highest BCUT2D eigenvalue weighted by Crippen LogP contribution is 2.44. The molecule has 0 radical (unpaired) electrons. The number of ether oxygens (including phenoxy) is 1. The molecule has 8 rings (SSSR count). The van der Waals surface area contributed by atoms with Gasteiger partial charge < -0.3 is 19.9 Å². The molecule has 67 heavy (non-hydrogen) atoms. The fraction of sp³-hybridized carbons (Fsp3) is 0.417. The monoisotopic (exact) mass is 998 g/mol. The quantitative estimate of drug-likeness (QED) is 0.0721. The maximum Gasteiger partial charge on any atom is 0.501 e. The molecule has 358 valence electrons. The first kappa shape index (κ1) is 49.0. The van der Waals surface area contributed by atoms with Crippen LogP contribution in [0.2, 0.25) is 5.02 Å². The Kier molecular flexibility index (Phi) is 14.5. The number of carbonyl (C=O) groups excluding carboxylic acids is 1. The Balaban J connectivity index is 0.997. The van der Waals surface area contributed by atoms with Crippen molar-refractivity contribution < 1.29 is 39.5 Å². The molecule has 2 fully saturated rings. The average molecular weight is 1000 g/mol. The van der Waals surface area contributed by atoms with Crippen molar-refractivity contribution in [1.82, 2.24) is 24.5 Å². The number of aromatic nitrogens is 2. The van der Waals surface area contributed by atoms with Crippen molar-refractivity contribution >= 4 is 71.4 Å². The van der Waals surface area contributed by atoms with Crippen LogP contribution in [0.1, 0.15) is 68.3 Å². The molecule has 4 aromatic carbocycles. The van der Waals surface area contributed by atoms with Gasteiger partial charge in [0.05, 0.1) is 41.2 Å². The number of hydrogen-bond acceptors (Lipinski definition) is 11. The lowest BCUT2D eigenvalue weighted by atomic mass is 9.73. The van der Waals surface area contributed by atoms with Gasteiger partial charge in [0.2, 0.25) is 0 Å². The van der Waals surface area contributed by atoms with Crippen LogP contribution >= 0.6 is 23.4 Å². The fourth-order valence-electron chi connectivity index (χ4n) is 8.74. The van der Waals surface area contributed by atoms with E-state index in [4.69, 9.17) is 16.3 Å². The molecule has 2 heterocycles. The van der Waals surface area contributed by atoms with Gasteiger partial charge in [-0.15, -0.1) is 11.8 Å². The molecular weight excluding hydrogens is 945 g/mol. The SMILES string of the molecule is CC1(C)CCC(c2ccc(Cl)cc2)=C(CNC2(Cn3cnc4ccc(C(=O)NS(=O)(=O)c5ccc(N[C@H](CCN6CCOCC6)CSc6ccccc6)c(S(=O)(=O)C(F)(F)F)c5)cc43)CC2)C1. The number of carbonyl (C=O) groups is 1. The van der Waals surface area contributed by atoms with Crippen LogP contribution in [0.4, 0.5) is 18.9 Å². The first-order valence-electron chi connectivity index (χ1n) is 22.2. The van der Waals surface area contributed by atoms with E-state index >= 15 is 0 Å². The predicted octanol–water partition coefficient (Wildman–Crippen LogP) is 9.18. The molecule has 1 amide bonds. The Bertz CT molecular complexity index is 2850. The molecule has 3 N–H and O–H groups in total. The molecule has 1 atom stereocenters. The van der Waals surface area contributed by atoms with E-state index in [2.05, 4.69) is 46.5 Å². The lowest BCUT2D eigenvalue weighted by molar-refractivity contribution is -0.0435. The van der Waals surface area contributed by atoms with Crippen molar-refractivity contribution in [2.24, 2.45) is 5.41 Å². The van der Waals surface area contributed by atoms with E-state index in [-0.39, 0.29) is 16.5 Å². The third-order valence-electron chi connectivity index (χ3n) is 12.8. The molecule has 3 aliphatic rings. The summed E-state index contributed by atoms with van der Waals surface area (Å²) in [5.41, 5.74) is -1.26. The highest BCUT2D eigenvalue weighted by atomic mass is 35.5. The number of nitrogens with one attached hydrogen (secondary N) is 3. The summed E-state index contributed by atoms with van der Waals surface area (Å²) in [6, 6.07) is 23.8. The number of nitrogens with zero attached hydrogens (tertiary/aromatic N) is 3. The van der Waals surface area contributed by atoms with Gasteiger partial charge in [-0.1, -0.05) is 61.4 Å². The smallest absolute Gasteiger partial charge is 0.380 e. The van der Waals surface area contributed by atoms with E-state index in [0.29, 0.717) is 80.2 Å².